The molecule has 0 radical (unpaired) electrons. The summed E-state index contributed by atoms with van der Waals surface area (Å²) in [5, 5.41) is 0. The van der Waals surface area contributed by atoms with Crippen LogP contribution in [0.3, 0.4) is 0 Å². The minimum Gasteiger partial charge on any atom is -0.375 e. The second-order valence-electron chi connectivity index (χ2n) is 5.03. The normalized spacial score (nSPS) is 23.4. The van der Waals surface area contributed by atoms with Crippen LogP contribution in [-0.4, -0.2) is 36.1 Å². The molecule has 4 heteroatoms. The van der Waals surface area contributed by atoms with Gasteiger partial charge in [-0.3, -0.25) is 4.79 Å². The van der Waals surface area contributed by atoms with Gasteiger partial charge in [-0.05, 0) is 38.0 Å². The van der Waals surface area contributed by atoms with E-state index in [1.54, 1.807) is 12.1 Å². The highest BCUT2D eigenvalue weighted by Crippen LogP contribution is 2.15. The van der Waals surface area contributed by atoms with Crippen molar-refractivity contribution in [2.45, 2.75) is 38.8 Å². The number of carbonyl (C=O) groups excluding carboxylic acids is 1. The summed E-state index contributed by atoms with van der Waals surface area (Å²) in [4.78, 5) is 14.1. The van der Waals surface area contributed by atoms with E-state index in [1.807, 2.05) is 18.7 Å². The monoisotopic (exact) mass is 265 g/mol. The van der Waals surface area contributed by atoms with Crippen LogP contribution in [0, 0.1) is 5.82 Å². The van der Waals surface area contributed by atoms with Gasteiger partial charge in [0.05, 0.1) is 18.8 Å². The molecule has 2 rings (SSSR count). The number of morpholine rings is 1. The number of halogens is 1. The third kappa shape index (κ3) is 3.53. The van der Waals surface area contributed by atoms with E-state index in [9.17, 15) is 9.18 Å². The molecule has 1 heterocycles. The molecule has 0 saturated carbocycles. The van der Waals surface area contributed by atoms with Gasteiger partial charge in [-0.2, -0.15) is 0 Å². The van der Waals surface area contributed by atoms with Crippen LogP contribution in [0.1, 0.15) is 25.8 Å². The lowest BCUT2D eigenvalue weighted by molar-refractivity contribution is -0.143. The van der Waals surface area contributed by atoms with Gasteiger partial charge in [-0.1, -0.05) is 12.1 Å². The van der Waals surface area contributed by atoms with Gasteiger partial charge in [0, 0.05) is 13.0 Å². The van der Waals surface area contributed by atoms with Crippen LogP contribution in [0.15, 0.2) is 24.3 Å². The summed E-state index contributed by atoms with van der Waals surface area (Å²) >= 11 is 0. The molecule has 2 atom stereocenters. The highest BCUT2D eigenvalue weighted by molar-refractivity contribution is 5.77. The smallest absolute Gasteiger partial charge is 0.223 e. The van der Waals surface area contributed by atoms with Crippen molar-refractivity contribution in [1.29, 1.82) is 0 Å². The second kappa shape index (κ2) is 6.15. The molecular weight excluding hydrogens is 245 g/mol. The molecule has 1 aromatic rings. The van der Waals surface area contributed by atoms with Crippen molar-refractivity contribution in [3.63, 3.8) is 0 Å². The number of carbonyl (C=O) groups is 1. The first-order valence-corrected chi connectivity index (χ1v) is 6.73. The summed E-state index contributed by atoms with van der Waals surface area (Å²) < 4.78 is 18.3. The van der Waals surface area contributed by atoms with Crippen LogP contribution < -0.4 is 0 Å². The van der Waals surface area contributed by atoms with E-state index in [0.29, 0.717) is 26.0 Å². The van der Waals surface area contributed by atoms with Gasteiger partial charge in [-0.25, -0.2) is 4.39 Å². The first kappa shape index (κ1) is 14.0. The van der Waals surface area contributed by atoms with Crippen LogP contribution in [0.4, 0.5) is 4.39 Å². The largest absolute Gasteiger partial charge is 0.375 e. The molecule has 1 saturated heterocycles. The average Bonchev–Trinajstić information content (AvgIpc) is 2.41. The molecule has 1 aromatic carbocycles. The zero-order valence-corrected chi connectivity index (χ0v) is 11.4. The summed E-state index contributed by atoms with van der Waals surface area (Å²) in [6.07, 6.45) is 1.20. The van der Waals surface area contributed by atoms with E-state index >= 15 is 0 Å². The zero-order chi connectivity index (χ0) is 13.8. The van der Waals surface area contributed by atoms with E-state index in [1.165, 1.54) is 12.1 Å². The first-order valence-electron chi connectivity index (χ1n) is 6.73. The number of nitrogens with zero attached hydrogens (tertiary/aromatic N) is 1. The predicted molar refractivity (Wildman–Crippen MR) is 71.3 cm³/mol. The van der Waals surface area contributed by atoms with Gasteiger partial charge in [0.25, 0.3) is 0 Å². The Morgan fingerprint density at radius 2 is 2.05 bits per heavy atom. The van der Waals surface area contributed by atoms with Crippen LogP contribution in [0.25, 0.3) is 0 Å². The quantitative estimate of drug-likeness (QED) is 0.840. The first-order chi connectivity index (χ1) is 9.08. The van der Waals surface area contributed by atoms with Crippen LogP contribution in [0.5, 0.6) is 0 Å². The zero-order valence-electron chi connectivity index (χ0n) is 11.4. The van der Waals surface area contributed by atoms with Crippen molar-refractivity contribution in [3.8, 4) is 0 Å². The maximum absolute atomic E-state index is 12.8. The highest BCUT2D eigenvalue weighted by Gasteiger charge is 2.28. The molecule has 0 bridgehead atoms. The van der Waals surface area contributed by atoms with Crippen molar-refractivity contribution in [3.05, 3.63) is 35.6 Å². The molecule has 0 N–H and O–H groups in total. The molecule has 1 aliphatic heterocycles. The summed E-state index contributed by atoms with van der Waals surface area (Å²) in [6.45, 7) is 5.27. The van der Waals surface area contributed by atoms with Gasteiger partial charge in [0.1, 0.15) is 5.82 Å². The van der Waals surface area contributed by atoms with Crippen molar-refractivity contribution in [2.75, 3.05) is 13.2 Å². The van der Waals surface area contributed by atoms with Crippen LogP contribution >= 0.6 is 0 Å². The molecule has 0 aliphatic carbocycles. The molecular formula is C15H20FNO2. The lowest BCUT2D eigenvalue weighted by Crippen LogP contribution is -2.51. The standard InChI is InChI=1S/C15H20FNO2/c1-11-12(2)19-10-9-17(11)15(18)8-5-13-3-6-14(16)7-4-13/h3-4,6-7,11-12H,5,8-10H2,1-2H3. The number of hydrogen-bond donors (Lipinski definition) is 0. The lowest BCUT2D eigenvalue weighted by Gasteiger charge is -2.38. The maximum atomic E-state index is 12.8. The molecule has 104 valence electrons. The SMILES string of the molecule is CC1OCCN(C(=O)CCc2ccc(F)cc2)C1C. The number of amides is 1. The molecule has 0 aromatic heterocycles. The topological polar surface area (TPSA) is 29.5 Å². The highest BCUT2D eigenvalue weighted by atomic mass is 19.1. The lowest BCUT2D eigenvalue weighted by atomic mass is 10.1. The molecule has 2 unspecified atom stereocenters. The Morgan fingerprint density at radius 1 is 1.37 bits per heavy atom. The second-order valence-corrected chi connectivity index (χ2v) is 5.03. The Kier molecular flexibility index (Phi) is 4.53. The Bertz CT molecular complexity index is 432. The minimum atomic E-state index is -0.245. The van der Waals surface area contributed by atoms with E-state index in [2.05, 4.69) is 0 Å². The van der Waals surface area contributed by atoms with Crippen molar-refractivity contribution >= 4 is 5.91 Å². The van der Waals surface area contributed by atoms with Crippen molar-refractivity contribution < 1.29 is 13.9 Å². The number of rotatable bonds is 3. The van der Waals surface area contributed by atoms with Gasteiger partial charge >= 0.3 is 0 Å². The minimum absolute atomic E-state index is 0.0866. The number of aryl methyl sites for hydroxylation is 1. The van der Waals surface area contributed by atoms with E-state index in [-0.39, 0.29) is 23.9 Å². The Morgan fingerprint density at radius 3 is 2.74 bits per heavy atom. The van der Waals surface area contributed by atoms with Gasteiger partial charge in [0.2, 0.25) is 5.91 Å². The molecule has 1 fully saturated rings. The Labute approximate surface area is 113 Å². The number of ether oxygens (including phenoxy) is 1. The Hall–Kier alpha value is -1.42. The summed E-state index contributed by atoms with van der Waals surface area (Å²) in [7, 11) is 0. The van der Waals surface area contributed by atoms with Gasteiger partial charge < -0.3 is 9.64 Å². The van der Waals surface area contributed by atoms with E-state index in [0.717, 1.165) is 5.56 Å². The molecule has 1 aliphatic rings. The fourth-order valence-electron chi connectivity index (χ4n) is 2.33. The van der Waals surface area contributed by atoms with E-state index in [4.69, 9.17) is 4.74 Å². The maximum Gasteiger partial charge on any atom is 0.223 e. The van der Waals surface area contributed by atoms with Gasteiger partial charge in [-0.15, -0.1) is 0 Å². The third-order valence-corrected chi connectivity index (χ3v) is 3.75. The molecule has 3 nitrogen and oxygen atoms in total. The summed E-state index contributed by atoms with van der Waals surface area (Å²) in [5.41, 5.74) is 0.990. The Balaban J connectivity index is 1.88. The number of benzene rings is 1. The third-order valence-electron chi connectivity index (χ3n) is 3.75. The average molecular weight is 265 g/mol. The van der Waals surface area contributed by atoms with Crippen molar-refractivity contribution in [1.82, 2.24) is 4.90 Å². The van der Waals surface area contributed by atoms with Gasteiger partial charge in [0.15, 0.2) is 0 Å². The van der Waals surface area contributed by atoms with Crippen LogP contribution in [-0.2, 0) is 16.0 Å². The predicted octanol–water partition coefficient (Wildman–Crippen LogP) is 2.39. The number of hydrogen-bond acceptors (Lipinski definition) is 2. The fourth-order valence-corrected chi connectivity index (χ4v) is 2.33. The fraction of sp³-hybridized carbons (Fsp3) is 0.533. The van der Waals surface area contributed by atoms with E-state index < -0.39 is 0 Å². The molecule has 19 heavy (non-hydrogen) atoms. The summed E-state index contributed by atoms with van der Waals surface area (Å²) in [6, 6.07) is 6.44. The summed E-state index contributed by atoms with van der Waals surface area (Å²) in [5.74, 6) is -0.0994. The van der Waals surface area contributed by atoms with Crippen molar-refractivity contribution in [2.24, 2.45) is 0 Å². The van der Waals surface area contributed by atoms with Crippen LogP contribution in [0.2, 0.25) is 0 Å². The molecule has 0 spiro atoms. The molecule has 1 amide bonds.